The molecule has 6 nitrogen and oxygen atoms in total. The zero-order chi connectivity index (χ0) is 17.7. The minimum atomic E-state index is -0.508. The van der Waals surface area contributed by atoms with Crippen LogP contribution in [-0.2, 0) is 11.2 Å². The van der Waals surface area contributed by atoms with Crippen LogP contribution in [-0.4, -0.2) is 26.0 Å². The van der Waals surface area contributed by atoms with E-state index in [0.29, 0.717) is 22.7 Å². The highest BCUT2D eigenvalue weighted by Crippen LogP contribution is 2.31. The van der Waals surface area contributed by atoms with Crippen molar-refractivity contribution in [3.63, 3.8) is 0 Å². The summed E-state index contributed by atoms with van der Waals surface area (Å²) in [5, 5.41) is 2.78. The number of nitrogens with two attached hydrogens (primary N) is 1. The molecule has 24 heavy (non-hydrogen) atoms. The molecule has 0 heterocycles. The average molecular weight is 328 g/mol. The van der Waals surface area contributed by atoms with Gasteiger partial charge < -0.3 is 20.5 Å². The molecular weight excluding hydrogens is 308 g/mol. The van der Waals surface area contributed by atoms with Crippen LogP contribution in [0.3, 0.4) is 0 Å². The Morgan fingerprint density at radius 1 is 1.04 bits per heavy atom. The Balaban J connectivity index is 2.12. The number of hydrogen-bond acceptors (Lipinski definition) is 4. The first-order chi connectivity index (χ1) is 11.5. The van der Waals surface area contributed by atoms with Gasteiger partial charge >= 0.3 is 0 Å². The standard InChI is InChI=1S/C18H20N2O4/c1-11-15(23-2)9-6-13(17(11)24-3)10-16(21)20-14-7-4-12(5-8-14)18(19)22/h4-9H,10H2,1-3H3,(H2,19,22)(H,20,21). The minimum Gasteiger partial charge on any atom is -0.496 e. The SMILES string of the molecule is COc1ccc(CC(=O)Nc2ccc(C(N)=O)cc2)c(OC)c1C. The molecule has 0 bridgehead atoms. The summed E-state index contributed by atoms with van der Waals surface area (Å²) in [7, 11) is 3.15. The average Bonchev–Trinajstić information content (AvgIpc) is 2.55. The van der Waals surface area contributed by atoms with Crippen molar-refractivity contribution < 1.29 is 19.1 Å². The molecule has 2 aromatic rings. The molecule has 0 aliphatic carbocycles. The largest absolute Gasteiger partial charge is 0.496 e. The molecule has 0 atom stereocenters. The number of carbonyl (C=O) groups is 2. The minimum absolute atomic E-state index is 0.158. The molecule has 0 saturated carbocycles. The maximum atomic E-state index is 12.2. The lowest BCUT2D eigenvalue weighted by atomic mass is 10.1. The van der Waals surface area contributed by atoms with Gasteiger partial charge in [-0.25, -0.2) is 0 Å². The van der Waals surface area contributed by atoms with Gasteiger partial charge in [-0.05, 0) is 37.3 Å². The maximum Gasteiger partial charge on any atom is 0.248 e. The van der Waals surface area contributed by atoms with E-state index < -0.39 is 5.91 Å². The summed E-state index contributed by atoms with van der Waals surface area (Å²) in [5.74, 6) is 0.641. The molecule has 2 amide bonds. The third kappa shape index (κ3) is 3.84. The Morgan fingerprint density at radius 3 is 2.25 bits per heavy atom. The number of nitrogens with one attached hydrogen (secondary N) is 1. The first-order valence-electron chi connectivity index (χ1n) is 7.36. The molecule has 0 spiro atoms. The highest BCUT2D eigenvalue weighted by atomic mass is 16.5. The van der Waals surface area contributed by atoms with Crippen molar-refractivity contribution in [1.82, 2.24) is 0 Å². The summed E-state index contributed by atoms with van der Waals surface area (Å²) < 4.78 is 10.7. The van der Waals surface area contributed by atoms with Gasteiger partial charge in [0.1, 0.15) is 11.5 Å². The molecule has 6 heteroatoms. The third-order valence-corrected chi connectivity index (χ3v) is 3.67. The lowest BCUT2D eigenvalue weighted by Gasteiger charge is -2.14. The van der Waals surface area contributed by atoms with Crippen LogP contribution in [0.4, 0.5) is 5.69 Å². The summed E-state index contributed by atoms with van der Waals surface area (Å²) >= 11 is 0. The molecule has 0 saturated heterocycles. The summed E-state index contributed by atoms with van der Waals surface area (Å²) in [6.07, 6.45) is 0.158. The summed E-state index contributed by atoms with van der Waals surface area (Å²) in [5.41, 5.74) is 7.78. The van der Waals surface area contributed by atoms with E-state index in [-0.39, 0.29) is 12.3 Å². The van der Waals surface area contributed by atoms with E-state index in [1.165, 1.54) is 0 Å². The molecule has 3 N–H and O–H groups in total. The van der Waals surface area contributed by atoms with Crippen LogP contribution in [0.25, 0.3) is 0 Å². The van der Waals surface area contributed by atoms with Crippen LogP contribution in [0, 0.1) is 6.92 Å². The molecule has 2 aromatic carbocycles. The van der Waals surface area contributed by atoms with E-state index in [1.807, 2.05) is 13.0 Å². The fourth-order valence-corrected chi connectivity index (χ4v) is 2.47. The second kappa shape index (κ2) is 7.50. The number of methoxy groups -OCH3 is 2. The van der Waals surface area contributed by atoms with Gasteiger partial charge in [0, 0.05) is 22.4 Å². The topological polar surface area (TPSA) is 90.6 Å². The number of carbonyl (C=O) groups excluding carboxylic acids is 2. The van der Waals surface area contributed by atoms with Gasteiger partial charge in [-0.1, -0.05) is 6.07 Å². The van der Waals surface area contributed by atoms with Crippen LogP contribution in [0.5, 0.6) is 11.5 Å². The van der Waals surface area contributed by atoms with Crippen molar-refractivity contribution >= 4 is 17.5 Å². The van der Waals surface area contributed by atoms with E-state index in [4.69, 9.17) is 15.2 Å². The van der Waals surface area contributed by atoms with Gasteiger partial charge in [-0.2, -0.15) is 0 Å². The fourth-order valence-electron chi connectivity index (χ4n) is 2.47. The lowest BCUT2D eigenvalue weighted by molar-refractivity contribution is -0.115. The van der Waals surface area contributed by atoms with Crippen LogP contribution in [0.2, 0.25) is 0 Å². The van der Waals surface area contributed by atoms with Crippen molar-refractivity contribution in [2.24, 2.45) is 5.73 Å². The summed E-state index contributed by atoms with van der Waals surface area (Å²) in [6.45, 7) is 1.88. The molecule has 0 fully saturated rings. The molecule has 0 aliphatic rings. The maximum absolute atomic E-state index is 12.2. The predicted molar refractivity (Wildman–Crippen MR) is 91.6 cm³/mol. The number of anilines is 1. The lowest BCUT2D eigenvalue weighted by Crippen LogP contribution is -2.16. The van der Waals surface area contributed by atoms with Crippen LogP contribution >= 0.6 is 0 Å². The zero-order valence-electron chi connectivity index (χ0n) is 13.9. The summed E-state index contributed by atoms with van der Waals surface area (Å²) in [6, 6.07) is 10.0. The Morgan fingerprint density at radius 2 is 1.71 bits per heavy atom. The number of rotatable bonds is 6. The quantitative estimate of drug-likeness (QED) is 0.851. The number of primary amides is 1. The van der Waals surface area contributed by atoms with Crippen LogP contribution in [0.15, 0.2) is 36.4 Å². The van der Waals surface area contributed by atoms with E-state index in [0.717, 1.165) is 11.1 Å². The second-order valence-corrected chi connectivity index (χ2v) is 5.25. The highest BCUT2D eigenvalue weighted by Gasteiger charge is 2.14. The molecule has 0 aliphatic heterocycles. The van der Waals surface area contributed by atoms with Gasteiger partial charge in [-0.15, -0.1) is 0 Å². The highest BCUT2D eigenvalue weighted by molar-refractivity contribution is 5.95. The Labute approximate surface area is 140 Å². The monoisotopic (exact) mass is 328 g/mol. The van der Waals surface area contributed by atoms with Crippen molar-refractivity contribution in [3.05, 3.63) is 53.1 Å². The summed E-state index contributed by atoms with van der Waals surface area (Å²) in [4.78, 5) is 23.3. The number of ether oxygens (including phenoxy) is 2. The molecular formula is C18H20N2O4. The van der Waals surface area contributed by atoms with Gasteiger partial charge in [-0.3, -0.25) is 9.59 Å². The van der Waals surface area contributed by atoms with E-state index >= 15 is 0 Å². The van der Waals surface area contributed by atoms with Crippen molar-refractivity contribution in [3.8, 4) is 11.5 Å². The van der Waals surface area contributed by atoms with Crippen LogP contribution < -0.4 is 20.5 Å². The first kappa shape index (κ1) is 17.3. The molecule has 0 radical (unpaired) electrons. The smallest absolute Gasteiger partial charge is 0.248 e. The molecule has 2 rings (SSSR count). The van der Waals surface area contributed by atoms with Crippen molar-refractivity contribution in [2.45, 2.75) is 13.3 Å². The van der Waals surface area contributed by atoms with Gasteiger partial charge in [0.2, 0.25) is 11.8 Å². The van der Waals surface area contributed by atoms with E-state index in [1.54, 1.807) is 44.6 Å². The van der Waals surface area contributed by atoms with Gasteiger partial charge in [0.05, 0.1) is 20.6 Å². The van der Waals surface area contributed by atoms with Crippen molar-refractivity contribution in [2.75, 3.05) is 19.5 Å². The first-order valence-corrected chi connectivity index (χ1v) is 7.36. The normalized spacial score (nSPS) is 10.1. The number of hydrogen-bond donors (Lipinski definition) is 2. The number of amides is 2. The Bertz CT molecular complexity index is 754. The van der Waals surface area contributed by atoms with Crippen LogP contribution in [0.1, 0.15) is 21.5 Å². The molecule has 126 valence electrons. The Hall–Kier alpha value is -3.02. The van der Waals surface area contributed by atoms with E-state index in [2.05, 4.69) is 5.32 Å². The second-order valence-electron chi connectivity index (χ2n) is 5.25. The predicted octanol–water partition coefficient (Wildman–Crippen LogP) is 2.29. The molecule has 0 unspecified atom stereocenters. The fraction of sp³-hybridized carbons (Fsp3) is 0.222. The zero-order valence-corrected chi connectivity index (χ0v) is 13.9. The van der Waals surface area contributed by atoms with Gasteiger partial charge in [0.15, 0.2) is 0 Å². The molecule has 0 aromatic heterocycles. The van der Waals surface area contributed by atoms with Crippen molar-refractivity contribution in [1.29, 1.82) is 0 Å². The number of benzene rings is 2. The third-order valence-electron chi connectivity index (χ3n) is 3.67. The Kier molecular flexibility index (Phi) is 5.42. The van der Waals surface area contributed by atoms with E-state index in [9.17, 15) is 9.59 Å². The van der Waals surface area contributed by atoms with Gasteiger partial charge in [0.25, 0.3) is 0 Å².